The molecular weight excluding hydrogens is 455 g/mol. The third-order valence-electron chi connectivity index (χ3n) is 3.84. The number of para-hydroxylation sites is 2. The molecule has 0 unspecified atom stereocenters. The Labute approximate surface area is 177 Å². The lowest BCUT2D eigenvalue weighted by Crippen LogP contribution is -2.38. The molecule has 146 valence electrons. The summed E-state index contributed by atoms with van der Waals surface area (Å²) < 4.78 is 11.4. The van der Waals surface area contributed by atoms with Crippen molar-refractivity contribution in [2.24, 2.45) is 4.99 Å². The number of rotatable bonds is 8. The third kappa shape index (κ3) is 6.89. The van der Waals surface area contributed by atoms with Gasteiger partial charge >= 0.3 is 0 Å². The van der Waals surface area contributed by atoms with Gasteiger partial charge in [-0.25, -0.2) is 9.98 Å². The molecule has 1 aromatic carbocycles. The van der Waals surface area contributed by atoms with E-state index >= 15 is 0 Å². The lowest BCUT2D eigenvalue weighted by Gasteiger charge is -2.11. The largest absolute Gasteiger partial charge is 0.490 e. The Morgan fingerprint density at radius 2 is 1.93 bits per heavy atom. The number of pyridine rings is 1. The van der Waals surface area contributed by atoms with Gasteiger partial charge in [-0.15, -0.1) is 24.0 Å². The Balaban J connectivity index is 0.00000261. The second kappa shape index (κ2) is 11.0. The van der Waals surface area contributed by atoms with Gasteiger partial charge in [0.05, 0.1) is 13.2 Å². The van der Waals surface area contributed by atoms with Crippen molar-refractivity contribution in [3.05, 3.63) is 48.2 Å². The van der Waals surface area contributed by atoms with Gasteiger partial charge in [-0.2, -0.15) is 0 Å². The molecule has 0 amide bonds. The molecule has 2 N–H and O–H groups in total. The van der Waals surface area contributed by atoms with E-state index in [1.807, 2.05) is 43.3 Å². The number of ether oxygens (including phenoxy) is 2. The number of aromatic nitrogens is 1. The van der Waals surface area contributed by atoms with E-state index < -0.39 is 0 Å². The first-order valence-corrected chi connectivity index (χ1v) is 9.18. The third-order valence-corrected chi connectivity index (χ3v) is 3.84. The van der Waals surface area contributed by atoms with Crippen molar-refractivity contribution >= 4 is 29.9 Å². The summed E-state index contributed by atoms with van der Waals surface area (Å²) in [5, 5.41) is 6.67. The first kappa shape index (κ1) is 21.3. The first-order valence-electron chi connectivity index (χ1n) is 9.18. The van der Waals surface area contributed by atoms with E-state index in [1.54, 1.807) is 6.20 Å². The Kier molecular flexibility index (Phi) is 8.63. The highest BCUT2D eigenvalue weighted by Gasteiger charge is 2.22. The van der Waals surface area contributed by atoms with Crippen molar-refractivity contribution in [3.63, 3.8) is 0 Å². The summed E-state index contributed by atoms with van der Waals surface area (Å²) in [6.07, 6.45) is 4.24. The number of benzene rings is 1. The topological polar surface area (TPSA) is 67.8 Å². The molecule has 1 saturated carbocycles. The molecule has 27 heavy (non-hydrogen) atoms. The van der Waals surface area contributed by atoms with Crippen LogP contribution in [0.2, 0.25) is 0 Å². The molecule has 0 spiro atoms. The molecule has 0 radical (unpaired) electrons. The fraction of sp³-hybridized carbons (Fsp3) is 0.400. The summed E-state index contributed by atoms with van der Waals surface area (Å²) in [6.45, 7) is 6.03. The summed E-state index contributed by atoms with van der Waals surface area (Å²) in [5.41, 5.74) is 1.03. The van der Waals surface area contributed by atoms with Crippen LogP contribution in [0.25, 0.3) is 0 Å². The van der Waals surface area contributed by atoms with E-state index in [0.717, 1.165) is 18.1 Å². The van der Waals surface area contributed by atoms with Crippen LogP contribution in [0.5, 0.6) is 17.4 Å². The molecule has 7 heteroatoms. The molecule has 0 atom stereocenters. The van der Waals surface area contributed by atoms with Gasteiger partial charge in [0.1, 0.15) is 0 Å². The normalized spacial score (nSPS) is 13.5. The van der Waals surface area contributed by atoms with Crippen molar-refractivity contribution in [3.8, 4) is 17.4 Å². The molecule has 0 aliphatic heterocycles. The van der Waals surface area contributed by atoms with E-state index in [0.29, 0.717) is 36.6 Å². The van der Waals surface area contributed by atoms with Gasteiger partial charge in [-0.1, -0.05) is 18.2 Å². The number of guanidine groups is 1. The summed E-state index contributed by atoms with van der Waals surface area (Å²) in [7, 11) is 0. The highest BCUT2D eigenvalue weighted by molar-refractivity contribution is 14.0. The predicted octanol–water partition coefficient (Wildman–Crippen LogP) is 4.11. The smallest absolute Gasteiger partial charge is 0.219 e. The molecule has 1 aromatic heterocycles. The minimum absolute atomic E-state index is 0. The van der Waals surface area contributed by atoms with E-state index in [-0.39, 0.29) is 24.0 Å². The summed E-state index contributed by atoms with van der Waals surface area (Å²) >= 11 is 0. The molecule has 1 heterocycles. The average molecular weight is 482 g/mol. The molecule has 2 aromatic rings. The standard InChI is InChI=1S/C20H26N4O2.HI/c1-3-21-20(24-16-10-11-16)23-14-15-9-12-19(22-13-15)26-18-8-6-5-7-17(18)25-4-2;/h5-9,12-13,16H,3-4,10-11,14H2,1-2H3,(H2,21,23,24);1H. The second-order valence-corrected chi connectivity index (χ2v) is 6.10. The minimum atomic E-state index is 0. The highest BCUT2D eigenvalue weighted by Crippen LogP contribution is 2.30. The fourth-order valence-corrected chi connectivity index (χ4v) is 2.40. The van der Waals surface area contributed by atoms with Crippen molar-refractivity contribution in [1.29, 1.82) is 0 Å². The number of hydrogen-bond donors (Lipinski definition) is 2. The molecular formula is C20H27IN4O2. The van der Waals surface area contributed by atoms with Crippen LogP contribution < -0.4 is 20.1 Å². The lowest BCUT2D eigenvalue weighted by atomic mass is 10.3. The monoisotopic (exact) mass is 482 g/mol. The minimum Gasteiger partial charge on any atom is -0.490 e. The summed E-state index contributed by atoms with van der Waals surface area (Å²) in [6, 6.07) is 12.0. The van der Waals surface area contributed by atoms with Gasteiger partial charge in [0.25, 0.3) is 0 Å². The zero-order valence-corrected chi connectivity index (χ0v) is 18.1. The number of aliphatic imine (C=N–C) groups is 1. The van der Waals surface area contributed by atoms with Gasteiger partial charge in [0, 0.05) is 24.8 Å². The summed E-state index contributed by atoms with van der Waals surface area (Å²) in [5.74, 6) is 2.77. The van der Waals surface area contributed by atoms with Gasteiger partial charge < -0.3 is 20.1 Å². The molecule has 1 aliphatic rings. The van der Waals surface area contributed by atoms with E-state index in [9.17, 15) is 0 Å². The van der Waals surface area contributed by atoms with Crippen LogP contribution in [-0.2, 0) is 6.54 Å². The van der Waals surface area contributed by atoms with Gasteiger partial charge in [0.2, 0.25) is 5.88 Å². The van der Waals surface area contributed by atoms with Crippen LogP contribution in [-0.4, -0.2) is 30.1 Å². The van der Waals surface area contributed by atoms with Crippen molar-refractivity contribution < 1.29 is 9.47 Å². The van der Waals surface area contributed by atoms with E-state index in [2.05, 4.69) is 27.5 Å². The van der Waals surface area contributed by atoms with Crippen LogP contribution in [0.4, 0.5) is 0 Å². The maximum absolute atomic E-state index is 5.85. The fourth-order valence-electron chi connectivity index (χ4n) is 2.40. The van der Waals surface area contributed by atoms with E-state index in [1.165, 1.54) is 12.8 Å². The molecule has 0 bridgehead atoms. The Bertz CT molecular complexity index is 733. The van der Waals surface area contributed by atoms with Crippen LogP contribution in [0, 0.1) is 0 Å². The van der Waals surface area contributed by atoms with Crippen LogP contribution in [0.15, 0.2) is 47.6 Å². The lowest BCUT2D eigenvalue weighted by molar-refractivity contribution is 0.319. The van der Waals surface area contributed by atoms with Crippen molar-refractivity contribution in [2.75, 3.05) is 13.2 Å². The number of halogens is 1. The molecule has 6 nitrogen and oxygen atoms in total. The quantitative estimate of drug-likeness (QED) is 0.337. The van der Waals surface area contributed by atoms with Crippen LogP contribution in [0.3, 0.4) is 0 Å². The zero-order valence-electron chi connectivity index (χ0n) is 15.8. The van der Waals surface area contributed by atoms with Crippen molar-refractivity contribution in [2.45, 2.75) is 39.3 Å². The number of nitrogens with one attached hydrogen (secondary N) is 2. The first-order chi connectivity index (χ1) is 12.8. The maximum atomic E-state index is 5.85. The van der Waals surface area contributed by atoms with E-state index in [4.69, 9.17) is 9.47 Å². The molecule has 1 fully saturated rings. The zero-order chi connectivity index (χ0) is 18.2. The highest BCUT2D eigenvalue weighted by atomic mass is 127. The Morgan fingerprint density at radius 1 is 1.15 bits per heavy atom. The number of nitrogens with zero attached hydrogens (tertiary/aromatic N) is 2. The SMILES string of the molecule is CCNC(=NCc1ccc(Oc2ccccc2OCC)nc1)NC1CC1.I. The number of hydrogen-bond acceptors (Lipinski definition) is 4. The van der Waals surface area contributed by atoms with Crippen LogP contribution in [0.1, 0.15) is 32.3 Å². The average Bonchev–Trinajstić information content (AvgIpc) is 3.47. The molecule has 0 saturated heterocycles. The summed E-state index contributed by atoms with van der Waals surface area (Å²) in [4.78, 5) is 8.99. The van der Waals surface area contributed by atoms with Gasteiger partial charge in [0.15, 0.2) is 17.5 Å². The Hall–Kier alpha value is -2.03. The van der Waals surface area contributed by atoms with Gasteiger partial charge in [-0.3, -0.25) is 0 Å². The molecule has 3 rings (SSSR count). The van der Waals surface area contributed by atoms with Gasteiger partial charge in [-0.05, 0) is 44.4 Å². The van der Waals surface area contributed by atoms with Crippen LogP contribution >= 0.6 is 24.0 Å². The molecule has 1 aliphatic carbocycles. The Morgan fingerprint density at radius 3 is 2.56 bits per heavy atom. The van der Waals surface area contributed by atoms with Crippen molar-refractivity contribution in [1.82, 2.24) is 15.6 Å². The predicted molar refractivity (Wildman–Crippen MR) is 118 cm³/mol. The maximum Gasteiger partial charge on any atom is 0.219 e. The second-order valence-electron chi connectivity index (χ2n) is 6.10.